The van der Waals surface area contributed by atoms with E-state index in [4.69, 9.17) is 11.6 Å². The van der Waals surface area contributed by atoms with Crippen molar-refractivity contribution in [1.29, 1.82) is 0 Å². The second kappa shape index (κ2) is 4.67. The molecule has 0 N–H and O–H groups in total. The highest BCUT2D eigenvalue weighted by Gasteiger charge is 2.30. The van der Waals surface area contributed by atoms with E-state index in [-0.39, 0.29) is 0 Å². The van der Waals surface area contributed by atoms with Crippen LogP contribution in [0.4, 0.5) is 5.69 Å². The number of hydrogen-bond donors (Lipinski definition) is 0. The Kier molecular flexibility index (Phi) is 3.44. The second-order valence-corrected chi connectivity index (χ2v) is 5.19. The Morgan fingerprint density at radius 2 is 2.12 bits per heavy atom. The second-order valence-electron chi connectivity index (χ2n) is 4.78. The van der Waals surface area contributed by atoms with Crippen LogP contribution in [-0.4, -0.2) is 12.1 Å². The molecule has 1 aromatic carbocycles. The molecule has 1 fully saturated rings. The van der Waals surface area contributed by atoms with E-state index >= 15 is 0 Å². The molecule has 1 aromatic rings. The molecule has 2 atom stereocenters. The van der Waals surface area contributed by atoms with Gasteiger partial charge >= 0.3 is 0 Å². The van der Waals surface area contributed by atoms with Gasteiger partial charge in [0.05, 0.1) is 0 Å². The largest absolute Gasteiger partial charge is 0.366 e. The number of nitrogens with zero attached hydrogens (tertiary/aromatic N) is 1. The zero-order valence-corrected chi connectivity index (χ0v) is 11.1. The number of anilines is 1. The van der Waals surface area contributed by atoms with Crippen molar-refractivity contribution >= 4 is 17.3 Å². The van der Waals surface area contributed by atoms with Crippen LogP contribution < -0.4 is 4.90 Å². The fraction of sp³-hybridized carbons (Fsp3) is 0.571. The summed E-state index contributed by atoms with van der Waals surface area (Å²) >= 11 is 6.20. The minimum absolute atomic E-state index is 0.641. The fourth-order valence-electron chi connectivity index (χ4n) is 2.78. The summed E-state index contributed by atoms with van der Waals surface area (Å²) in [6.45, 7) is 6.71. The first-order valence-corrected chi connectivity index (χ1v) is 6.56. The van der Waals surface area contributed by atoms with Crippen molar-refractivity contribution < 1.29 is 0 Å². The standard InChI is InChI=1S/C14H20ClN/c1-4-12-9-8-10(2)16(12)14-7-5-6-13(15)11(14)3/h5-7,10,12H,4,8-9H2,1-3H3. The molecule has 2 rings (SSSR count). The Morgan fingerprint density at radius 1 is 1.38 bits per heavy atom. The lowest BCUT2D eigenvalue weighted by atomic mass is 10.1. The lowest BCUT2D eigenvalue weighted by molar-refractivity contribution is 0.627. The van der Waals surface area contributed by atoms with E-state index in [2.05, 4.69) is 37.8 Å². The molecule has 2 heteroatoms. The minimum atomic E-state index is 0.641. The third kappa shape index (κ3) is 1.93. The lowest BCUT2D eigenvalue weighted by Gasteiger charge is -2.32. The molecule has 1 nitrogen and oxygen atoms in total. The van der Waals surface area contributed by atoms with Gasteiger partial charge in [-0.3, -0.25) is 0 Å². The van der Waals surface area contributed by atoms with Crippen LogP contribution in [0.25, 0.3) is 0 Å². The summed E-state index contributed by atoms with van der Waals surface area (Å²) in [5.74, 6) is 0. The van der Waals surface area contributed by atoms with Gasteiger partial charge in [-0.15, -0.1) is 0 Å². The van der Waals surface area contributed by atoms with Crippen LogP contribution in [0.3, 0.4) is 0 Å². The number of hydrogen-bond acceptors (Lipinski definition) is 1. The summed E-state index contributed by atoms with van der Waals surface area (Å²) in [5.41, 5.74) is 2.54. The van der Waals surface area contributed by atoms with Gasteiger partial charge in [-0.25, -0.2) is 0 Å². The molecule has 0 bridgehead atoms. The highest BCUT2D eigenvalue weighted by molar-refractivity contribution is 6.31. The molecule has 2 unspecified atom stereocenters. The van der Waals surface area contributed by atoms with Gasteiger partial charge < -0.3 is 4.90 Å². The monoisotopic (exact) mass is 237 g/mol. The van der Waals surface area contributed by atoms with E-state index < -0.39 is 0 Å². The van der Waals surface area contributed by atoms with E-state index in [9.17, 15) is 0 Å². The Labute approximate surface area is 103 Å². The Balaban J connectivity index is 2.38. The normalized spacial score (nSPS) is 25.1. The molecular formula is C14H20ClN. The molecule has 1 saturated heterocycles. The third-order valence-corrected chi connectivity index (χ3v) is 4.18. The van der Waals surface area contributed by atoms with E-state index in [0.29, 0.717) is 12.1 Å². The van der Waals surface area contributed by atoms with Crippen LogP contribution in [-0.2, 0) is 0 Å². The summed E-state index contributed by atoms with van der Waals surface area (Å²) < 4.78 is 0. The molecule has 0 aromatic heterocycles. The first-order chi connectivity index (χ1) is 7.65. The summed E-state index contributed by atoms with van der Waals surface area (Å²) in [6, 6.07) is 7.56. The van der Waals surface area contributed by atoms with Crippen molar-refractivity contribution in [3.8, 4) is 0 Å². The van der Waals surface area contributed by atoms with E-state index in [1.807, 2.05) is 6.07 Å². The topological polar surface area (TPSA) is 3.24 Å². The molecule has 16 heavy (non-hydrogen) atoms. The van der Waals surface area contributed by atoms with Crippen LogP contribution in [0.1, 0.15) is 38.7 Å². The summed E-state index contributed by atoms with van der Waals surface area (Å²) in [5, 5.41) is 0.881. The first kappa shape index (κ1) is 11.8. The van der Waals surface area contributed by atoms with Crippen LogP contribution >= 0.6 is 11.6 Å². The quantitative estimate of drug-likeness (QED) is 0.736. The molecule has 88 valence electrons. The smallest absolute Gasteiger partial charge is 0.0455 e. The van der Waals surface area contributed by atoms with Crippen molar-refractivity contribution in [2.75, 3.05) is 4.90 Å². The van der Waals surface area contributed by atoms with Crippen LogP contribution in [0.2, 0.25) is 5.02 Å². The minimum Gasteiger partial charge on any atom is -0.366 e. The first-order valence-electron chi connectivity index (χ1n) is 6.18. The highest BCUT2D eigenvalue weighted by atomic mass is 35.5. The maximum atomic E-state index is 6.20. The highest BCUT2D eigenvalue weighted by Crippen LogP contribution is 2.35. The molecule has 0 radical (unpaired) electrons. The van der Waals surface area contributed by atoms with Crippen LogP contribution in [0.15, 0.2) is 18.2 Å². The predicted octanol–water partition coefficient (Wildman–Crippen LogP) is 4.42. The molecular weight excluding hydrogens is 218 g/mol. The van der Waals surface area contributed by atoms with Crippen molar-refractivity contribution in [3.63, 3.8) is 0 Å². The summed E-state index contributed by atoms with van der Waals surface area (Å²) in [6.07, 6.45) is 3.82. The maximum absolute atomic E-state index is 6.20. The van der Waals surface area contributed by atoms with Gasteiger partial charge in [0, 0.05) is 22.8 Å². The van der Waals surface area contributed by atoms with Crippen molar-refractivity contribution in [2.45, 2.75) is 52.1 Å². The van der Waals surface area contributed by atoms with Gasteiger partial charge in [-0.2, -0.15) is 0 Å². The Morgan fingerprint density at radius 3 is 2.81 bits per heavy atom. The van der Waals surface area contributed by atoms with E-state index in [1.54, 1.807) is 0 Å². The molecule has 0 aliphatic carbocycles. The average molecular weight is 238 g/mol. The van der Waals surface area contributed by atoms with E-state index in [1.165, 1.54) is 30.5 Å². The third-order valence-electron chi connectivity index (χ3n) is 3.77. The van der Waals surface area contributed by atoms with Crippen molar-refractivity contribution in [1.82, 2.24) is 0 Å². The van der Waals surface area contributed by atoms with Crippen molar-refractivity contribution in [3.05, 3.63) is 28.8 Å². The van der Waals surface area contributed by atoms with Gasteiger partial charge in [0.25, 0.3) is 0 Å². The average Bonchev–Trinajstić information content (AvgIpc) is 2.64. The summed E-state index contributed by atoms with van der Waals surface area (Å²) in [7, 11) is 0. The Bertz CT molecular complexity index is 375. The zero-order chi connectivity index (χ0) is 11.7. The predicted molar refractivity (Wildman–Crippen MR) is 71.4 cm³/mol. The van der Waals surface area contributed by atoms with Crippen molar-refractivity contribution in [2.24, 2.45) is 0 Å². The molecule has 1 heterocycles. The molecule has 0 saturated carbocycles. The van der Waals surface area contributed by atoms with Gasteiger partial charge in [-0.05, 0) is 50.8 Å². The van der Waals surface area contributed by atoms with Gasteiger partial charge in [-0.1, -0.05) is 24.6 Å². The SMILES string of the molecule is CCC1CCC(C)N1c1cccc(Cl)c1C. The zero-order valence-electron chi connectivity index (χ0n) is 10.3. The van der Waals surface area contributed by atoms with E-state index in [0.717, 1.165) is 5.02 Å². The fourth-order valence-corrected chi connectivity index (χ4v) is 2.95. The molecule has 0 amide bonds. The Hall–Kier alpha value is -0.690. The molecule has 1 aliphatic rings. The lowest BCUT2D eigenvalue weighted by Crippen LogP contribution is -2.34. The number of halogens is 1. The van der Waals surface area contributed by atoms with Gasteiger partial charge in [0.15, 0.2) is 0 Å². The maximum Gasteiger partial charge on any atom is 0.0455 e. The van der Waals surface area contributed by atoms with Crippen LogP contribution in [0, 0.1) is 6.92 Å². The van der Waals surface area contributed by atoms with Gasteiger partial charge in [0.2, 0.25) is 0 Å². The molecule has 1 aliphatic heterocycles. The molecule has 0 spiro atoms. The summed E-state index contributed by atoms with van der Waals surface area (Å²) in [4.78, 5) is 2.56. The number of rotatable bonds is 2. The van der Waals surface area contributed by atoms with Crippen LogP contribution in [0.5, 0.6) is 0 Å². The van der Waals surface area contributed by atoms with Gasteiger partial charge in [0.1, 0.15) is 0 Å². The number of benzene rings is 1.